The quantitative estimate of drug-likeness (QED) is 0.841. The third-order valence-electron chi connectivity index (χ3n) is 3.43. The van der Waals surface area contributed by atoms with Crippen LogP contribution in [0, 0.1) is 6.92 Å². The van der Waals surface area contributed by atoms with E-state index in [0.29, 0.717) is 11.3 Å². The minimum absolute atomic E-state index is 0.0420. The first-order valence-corrected chi connectivity index (χ1v) is 5.59. The lowest BCUT2D eigenvalue weighted by Gasteiger charge is -2.19. The lowest BCUT2D eigenvalue weighted by molar-refractivity contribution is -0.137. The first kappa shape index (κ1) is 11.8. The Morgan fingerprint density at radius 1 is 1.47 bits per heavy atom. The molecule has 2 rings (SSSR count). The van der Waals surface area contributed by atoms with Crippen molar-refractivity contribution < 1.29 is 19.7 Å². The van der Waals surface area contributed by atoms with E-state index >= 15 is 0 Å². The number of aryl methyl sites for hydroxylation is 1. The first-order valence-electron chi connectivity index (χ1n) is 5.59. The van der Waals surface area contributed by atoms with Gasteiger partial charge in [-0.15, -0.1) is 0 Å². The monoisotopic (exact) mass is 236 g/mol. The van der Waals surface area contributed by atoms with Crippen LogP contribution in [0.3, 0.4) is 0 Å². The highest BCUT2D eigenvalue weighted by Crippen LogP contribution is 2.57. The van der Waals surface area contributed by atoms with Crippen LogP contribution in [-0.4, -0.2) is 23.3 Å². The van der Waals surface area contributed by atoms with Gasteiger partial charge in [0.1, 0.15) is 11.5 Å². The molecular formula is C13H16O4. The number of carboxylic acid groups (broad SMARTS) is 1. The summed E-state index contributed by atoms with van der Waals surface area (Å²) >= 11 is 0. The Balaban J connectivity index is 2.50. The zero-order valence-electron chi connectivity index (χ0n) is 9.99. The number of hydrogen-bond donors (Lipinski definition) is 2. The van der Waals surface area contributed by atoms with Gasteiger partial charge in [0.15, 0.2) is 0 Å². The summed E-state index contributed by atoms with van der Waals surface area (Å²) in [7, 11) is 1.53. The van der Waals surface area contributed by atoms with E-state index in [1.807, 2.05) is 0 Å². The molecule has 0 bridgehead atoms. The molecule has 1 aliphatic carbocycles. The summed E-state index contributed by atoms with van der Waals surface area (Å²) in [6.07, 6.45) is 1.61. The second-order valence-corrected chi connectivity index (χ2v) is 4.66. The Morgan fingerprint density at radius 2 is 2.12 bits per heavy atom. The number of benzene rings is 1. The Kier molecular flexibility index (Phi) is 2.73. The standard InChI is InChI=1S/C13H16O4/c1-8-3-4-9(17-2)11(12(8)16)13(5-6-13)7-10(14)15/h3-4,16H,5-7H2,1-2H3,(H,14,15). The van der Waals surface area contributed by atoms with Crippen LogP contribution in [0.2, 0.25) is 0 Å². The number of phenols is 1. The van der Waals surface area contributed by atoms with Crippen LogP contribution in [0.25, 0.3) is 0 Å². The average molecular weight is 236 g/mol. The molecule has 1 fully saturated rings. The molecule has 92 valence electrons. The molecule has 2 N–H and O–H groups in total. The minimum atomic E-state index is -0.842. The van der Waals surface area contributed by atoms with E-state index < -0.39 is 11.4 Å². The zero-order chi connectivity index (χ0) is 12.6. The van der Waals surface area contributed by atoms with Gasteiger partial charge in [0.05, 0.1) is 13.5 Å². The van der Waals surface area contributed by atoms with Crippen LogP contribution in [0.5, 0.6) is 11.5 Å². The number of carboxylic acids is 1. The van der Waals surface area contributed by atoms with Crippen LogP contribution in [0.4, 0.5) is 0 Å². The highest BCUT2D eigenvalue weighted by atomic mass is 16.5. The Labute approximate surface area is 99.8 Å². The molecule has 0 radical (unpaired) electrons. The van der Waals surface area contributed by atoms with Gasteiger partial charge in [-0.2, -0.15) is 0 Å². The van der Waals surface area contributed by atoms with Crippen molar-refractivity contribution in [1.29, 1.82) is 0 Å². The maximum Gasteiger partial charge on any atom is 0.304 e. The van der Waals surface area contributed by atoms with Gasteiger partial charge in [-0.25, -0.2) is 0 Å². The summed E-state index contributed by atoms with van der Waals surface area (Å²) in [4.78, 5) is 10.9. The molecule has 0 unspecified atom stereocenters. The van der Waals surface area contributed by atoms with Crippen molar-refractivity contribution in [3.63, 3.8) is 0 Å². The maximum absolute atomic E-state index is 10.9. The molecule has 4 nitrogen and oxygen atoms in total. The SMILES string of the molecule is COc1ccc(C)c(O)c1C1(CC(=O)O)CC1. The Morgan fingerprint density at radius 3 is 2.59 bits per heavy atom. The molecule has 1 saturated carbocycles. The number of methoxy groups -OCH3 is 1. The van der Waals surface area contributed by atoms with Crippen LogP contribution in [0.1, 0.15) is 30.4 Å². The van der Waals surface area contributed by atoms with Gasteiger partial charge >= 0.3 is 5.97 Å². The molecule has 0 saturated heterocycles. The lowest BCUT2D eigenvalue weighted by atomic mass is 9.89. The topological polar surface area (TPSA) is 66.8 Å². The van der Waals surface area contributed by atoms with E-state index in [2.05, 4.69) is 0 Å². The maximum atomic E-state index is 10.9. The third kappa shape index (κ3) is 1.95. The Hall–Kier alpha value is -1.71. The number of hydrogen-bond acceptors (Lipinski definition) is 3. The predicted octanol–water partition coefficient (Wildman–Crippen LogP) is 2.22. The molecule has 0 amide bonds. The zero-order valence-corrected chi connectivity index (χ0v) is 9.99. The number of carbonyl (C=O) groups is 1. The van der Waals surface area contributed by atoms with Crippen LogP contribution in [0.15, 0.2) is 12.1 Å². The molecular weight excluding hydrogens is 220 g/mol. The normalized spacial score (nSPS) is 16.6. The highest BCUT2D eigenvalue weighted by Gasteiger charge is 2.49. The first-order chi connectivity index (χ1) is 8.00. The van der Waals surface area contributed by atoms with E-state index in [1.165, 1.54) is 7.11 Å². The van der Waals surface area contributed by atoms with Crippen LogP contribution < -0.4 is 4.74 Å². The number of rotatable bonds is 4. The smallest absolute Gasteiger partial charge is 0.304 e. The van der Waals surface area contributed by atoms with Gasteiger partial charge in [-0.3, -0.25) is 4.79 Å². The summed E-state index contributed by atoms with van der Waals surface area (Å²) in [6, 6.07) is 3.56. The number of phenolic OH excluding ortho intramolecular Hbond substituents is 1. The second-order valence-electron chi connectivity index (χ2n) is 4.66. The van der Waals surface area contributed by atoms with Crippen LogP contribution >= 0.6 is 0 Å². The molecule has 17 heavy (non-hydrogen) atoms. The van der Waals surface area contributed by atoms with Gasteiger partial charge < -0.3 is 14.9 Å². The van der Waals surface area contributed by atoms with Gasteiger partial charge in [0.25, 0.3) is 0 Å². The fraction of sp³-hybridized carbons (Fsp3) is 0.462. The van der Waals surface area contributed by atoms with Gasteiger partial charge in [-0.1, -0.05) is 6.07 Å². The molecule has 1 aliphatic rings. The van der Waals surface area contributed by atoms with Crippen molar-refractivity contribution >= 4 is 5.97 Å². The molecule has 0 heterocycles. The molecule has 0 spiro atoms. The molecule has 1 aromatic rings. The molecule has 4 heteroatoms. The van der Waals surface area contributed by atoms with Crippen molar-refractivity contribution in [3.8, 4) is 11.5 Å². The predicted molar refractivity (Wildman–Crippen MR) is 62.6 cm³/mol. The third-order valence-corrected chi connectivity index (χ3v) is 3.43. The van der Waals surface area contributed by atoms with Gasteiger partial charge in [-0.05, 0) is 31.4 Å². The largest absolute Gasteiger partial charge is 0.507 e. The second kappa shape index (κ2) is 3.95. The van der Waals surface area contributed by atoms with E-state index in [0.717, 1.165) is 18.4 Å². The molecule has 0 aliphatic heterocycles. The average Bonchev–Trinajstić information content (AvgIpc) is 3.01. The van der Waals surface area contributed by atoms with E-state index in [-0.39, 0.29) is 12.2 Å². The summed E-state index contributed by atoms with van der Waals surface area (Å²) in [5.41, 5.74) is 0.965. The van der Waals surface area contributed by atoms with Gasteiger partial charge in [0, 0.05) is 11.0 Å². The summed E-state index contributed by atoms with van der Waals surface area (Å²) in [5.74, 6) is -0.0968. The summed E-state index contributed by atoms with van der Waals surface area (Å²) < 4.78 is 5.24. The fourth-order valence-corrected chi connectivity index (χ4v) is 2.31. The fourth-order valence-electron chi connectivity index (χ4n) is 2.31. The molecule has 0 aromatic heterocycles. The number of aliphatic carboxylic acids is 1. The van der Waals surface area contributed by atoms with Crippen molar-refractivity contribution in [2.75, 3.05) is 7.11 Å². The van der Waals surface area contributed by atoms with E-state index in [4.69, 9.17) is 9.84 Å². The number of ether oxygens (including phenoxy) is 1. The number of aromatic hydroxyl groups is 1. The minimum Gasteiger partial charge on any atom is -0.507 e. The van der Waals surface area contributed by atoms with Crippen molar-refractivity contribution in [3.05, 3.63) is 23.3 Å². The molecule has 1 aromatic carbocycles. The molecule has 0 atom stereocenters. The highest BCUT2D eigenvalue weighted by molar-refractivity contribution is 5.71. The lowest BCUT2D eigenvalue weighted by Crippen LogP contribution is -2.14. The van der Waals surface area contributed by atoms with Crippen molar-refractivity contribution in [2.45, 2.75) is 31.6 Å². The van der Waals surface area contributed by atoms with E-state index in [9.17, 15) is 9.90 Å². The Bertz CT molecular complexity index is 461. The van der Waals surface area contributed by atoms with E-state index in [1.54, 1.807) is 19.1 Å². The van der Waals surface area contributed by atoms with Crippen molar-refractivity contribution in [1.82, 2.24) is 0 Å². The van der Waals surface area contributed by atoms with Crippen molar-refractivity contribution in [2.24, 2.45) is 0 Å². The van der Waals surface area contributed by atoms with Crippen LogP contribution in [-0.2, 0) is 10.2 Å². The summed E-state index contributed by atoms with van der Waals surface area (Å²) in [6.45, 7) is 1.80. The van der Waals surface area contributed by atoms with Gasteiger partial charge in [0.2, 0.25) is 0 Å². The summed E-state index contributed by atoms with van der Waals surface area (Å²) in [5, 5.41) is 19.1.